The summed E-state index contributed by atoms with van der Waals surface area (Å²) < 4.78 is 2.82. The average molecular weight is 247 g/mol. The smallest absolute Gasteiger partial charge is 0.0708 e. The van der Waals surface area contributed by atoms with Crippen molar-refractivity contribution in [3.8, 4) is 0 Å². The molecule has 0 aliphatic carbocycles. The Morgan fingerprint density at radius 1 is 1.62 bits per heavy atom. The number of hydrogen-bond acceptors (Lipinski definition) is 3. The van der Waals surface area contributed by atoms with Crippen molar-refractivity contribution < 1.29 is 0 Å². The van der Waals surface area contributed by atoms with Gasteiger partial charge in [0.05, 0.1) is 22.4 Å². The molecule has 13 heavy (non-hydrogen) atoms. The van der Waals surface area contributed by atoms with Gasteiger partial charge < -0.3 is 0 Å². The van der Waals surface area contributed by atoms with Crippen LogP contribution in [0.1, 0.15) is 25.6 Å². The van der Waals surface area contributed by atoms with E-state index in [0.29, 0.717) is 5.92 Å². The van der Waals surface area contributed by atoms with Crippen LogP contribution in [-0.4, -0.2) is 9.78 Å². The summed E-state index contributed by atoms with van der Waals surface area (Å²) in [6, 6.07) is 0.127. The van der Waals surface area contributed by atoms with Gasteiger partial charge in [-0.1, -0.05) is 13.8 Å². The molecule has 0 aliphatic heterocycles. The Labute approximate surface area is 86.6 Å². The largest absolute Gasteiger partial charge is 0.271 e. The van der Waals surface area contributed by atoms with Gasteiger partial charge >= 0.3 is 0 Å². The molecule has 0 radical (unpaired) electrons. The molecule has 1 rings (SSSR count). The highest BCUT2D eigenvalue weighted by molar-refractivity contribution is 9.10. The fourth-order valence-corrected chi connectivity index (χ4v) is 1.95. The fraction of sp³-hybridized carbons (Fsp3) is 0.625. The molecule has 1 aromatic heterocycles. The number of nitrogens with one attached hydrogen (secondary N) is 1. The summed E-state index contributed by atoms with van der Waals surface area (Å²) in [6.45, 7) is 4.23. The van der Waals surface area contributed by atoms with Crippen LogP contribution in [0.25, 0.3) is 0 Å². The molecule has 5 heteroatoms. The van der Waals surface area contributed by atoms with Crippen LogP contribution < -0.4 is 11.3 Å². The van der Waals surface area contributed by atoms with Crippen LogP contribution in [0.3, 0.4) is 0 Å². The van der Waals surface area contributed by atoms with Gasteiger partial charge in [0.15, 0.2) is 0 Å². The van der Waals surface area contributed by atoms with Crippen molar-refractivity contribution in [2.75, 3.05) is 0 Å². The van der Waals surface area contributed by atoms with Gasteiger partial charge in [-0.3, -0.25) is 16.0 Å². The molecule has 1 aromatic rings. The van der Waals surface area contributed by atoms with Crippen molar-refractivity contribution in [2.45, 2.75) is 19.9 Å². The van der Waals surface area contributed by atoms with Gasteiger partial charge in [-0.2, -0.15) is 5.10 Å². The predicted octanol–water partition coefficient (Wildman–Crippen LogP) is 1.34. The van der Waals surface area contributed by atoms with Crippen molar-refractivity contribution in [3.05, 3.63) is 16.4 Å². The first-order chi connectivity index (χ1) is 6.07. The molecule has 0 aliphatic rings. The highest BCUT2D eigenvalue weighted by Gasteiger charge is 2.20. The molecular weight excluding hydrogens is 232 g/mol. The minimum atomic E-state index is 0.127. The summed E-state index contributed by atoms with van der Waals surface area (Å²) in [7, 11) is 1.91. The molecule has 1 heterocycles. The lowest BCUT2D eigenvalue weighted by Gasteiger charge is -2.20. The van der Waals surface area contributed by atoms with Crippen LogP contribution in [0.5, 0.6) is 0 Å². The summed E-state index contributed by atoms with van der Waals surface area (Å²) in [5.41, 5.74) is 3.88. The second-order valence-corrected chi connectivity index (χ2v) is 4.24. The van der Waals surface area contributed by atoms with E-state index < -0.39 is 0 Å². The molecule has 0 fully saturated rings. The van der Waals surface area contributed by atoms with Crippen LogP contribution in [0, 0.1) is 5.92 Å². The van der Waals surface area contributed by atoms with Gasteiger partial charge in [0.25, 0.3) is 0 Å². The maximum atomic E-state index is 5.49. The predicted molar refractivity (Wildman–Crippen MR) is 55.8 cm³/mol. The van der Waals surface area contributed by atoms with E-state index in [1.807, 2.05) is 11.7 Å². The third-order valence-electron chi connectivity index (χ3n) is 2.08. The zero-order valence-corrected chi connectivity index (χ0v) is 9.67. The monoisotopic (exact) mass is 246 g/mol. The first-order valence-electron chi connectivity index (χ1n) is 4.21. The van der Waals surface area contributed by atoms with Crippen molar-refractivity contribution in [1.29, 1.82) is 0 Å². The molecular formula is C8H15BrN4. The summed E-state index contributed by atoms with van der Waals surface area (Å²) in [4.78, 5) is 0. The number of hydrazine groups is 1. The maximum Gasteiger partial charge on any atom is 0.0708 e. The SMILES string of the molecule is CC(C)C(NN)c1c(Br)cnn1C. The van der Waals surface area contributed by atoms with E-state index in [4.69, 9.17) is 5.84 Å². The summed E-state index contributed by atoms with van der Waals surface area (Å²) in [5.74, 6) is 5.92. The average Bonchev–Trinajstić information content (AvgIpc) is 2.36. The van der Waals surface area contributed by atoms with Crippen LogP contribution >= 0.6 is 15.9 Å². The van der Waals surface area contributed by atoms with Crippen LogP contribution in [0.2, 0.25) is 0 Å². The Kier molecular flexibility index (Phi) is 3.47. The van der Waals surface area contributed by atoms with Crippen molar-refractivity contribution in [1.82, 2.24) is 15.2 Å². The van der Waals surface area contributed by atoms with E-state index >= 15 is 0 Å². The number of nitrogens with two attached hydrogens (primary N) is 1. The highest BCUT2D eigenvalue weighted by atomic mass is 79.9. The van der Waals surface area contributed by atoms with E-state index in [0.717, 1.165) is 10.2 Å². The number of hydrogen-bond donors (Lipinski definition) is 2. The van der Waals surface area contributed by atoms with Crippen molar-refractivity contribution in [3.63, 3.8) is 0 Å². The third-order valence-corrected chi connectivity index (χ3v) is 2.69. The standard InChI is InChI=1S/C8H15BrN4/c1-5(2)7(12-10)8-6(9)4-11-13(8)3/h4-5,7,12H,10H2,1-3H3. The minimum absolute atomic E-state index is 0.127. The lowest BCUT2D eigenvalue weighted by Crippen LogP contribution is -2.33. The van der Waals surface area contributed by atoms with Crippen molar-refractivity contribution in [2.24, 2.45) is 18.8 Å². The van der Waals surface area contributed by atoms with Gasteiger partial charge in [-0.15, -0.1) is 0 Å². The van der Waals surface area contributed by atoms with Crippen LogP contribution in [0.4, 0.5) is 0 Å². The maximum absolute atomic E-state index is 5.49. The zero-order chi connectivity index (χ0) is 10.0. The number of halogens is 1. The zero-order valence-electron chi connectivity index (χ0n) is 8.08. The lowest BCUT2D eigenvalue weighted by atomic mass is 10.0. The first-order valence-corrected chi connectivity index (χ1v) is 5.00. The second-order valence-electron chi connectivity index (χ2n) is 3.39. The molecule has 0 spiro atoms. The minimum Gasteiger partial charge on any atom is -0.271 e. The Balaban J connectivity index is 3.03. The molecule has 3 N–H and O–H groups in total. The van der Waals surface area contributed by atoms with Gasteiger partial charge in [0, 0.05) is 7.05 Å². The van der Waals surface area contributed by atoms with Gasteiger partial charge in [0.2, 0.25) is 0 Å². The van der Waals surface area contributed by atoms with Crippen molar-refractivity contribution >= 4 is 15.9 Å². The van der Waals surface area contributed by atoms with Crippen LogP contribution in [0.15, 0.2) is 10.7 Å². The van der Waals surface area contributed by atoms with E-state index in [9.17, 15) is 0 Å². The lowest BCUT2D eigenvalue weighted by molar-refractivity contribution is 0.396. The number of rotatable bonds is 3. The molecule has 1 atom stereocenters. The molecule has 74 valence electrons. The first kappa shape index (κ1) is 10.7. The normalized spacial score (nSPS) is 13.7. The van der Waals surface area contributed by atoms with E-state index in [1.165, 1.54) is 0 Å². The topological polar surface area (TPSA) is 55.9 Å². The van der Waals surface area contributed by atoms with E-state index in [1.54, 1.807) is 6.20 Å². The van der Waals surface area contributed by atoms with Gasteiger partial charge in [-0.05, 0) is 21.8 Å². The second kappa shape index (κ2) is 4.21. The number of aromatic nitrogens is 2. The van der Waals surface area contributed by atoms with Gasteiger partial charge in [0.1, 0.15) is 0 Å². The van der Waals surface area contributed by atoms with E-state index in [2.05, 4.69) is 40.3 Å². The Bertz CT molecular complexity index is 262. The summed E-state index contributed by atoms with van der Waals surface area (Å²) >= 11 is 3.45. The Morgan fingerprint density at radius 2 is 2.23 bits per heavy atom. The molecule has 0 saturated heterocycles. The molecule has 0 aromatic carbocycles. The summed E-state index contributed by atoms with van der Waals surface area (Å²) in [5, 5.41) is 4.14. The molecule has 0 amide bonds. The van der Waals surface area contributed by atoms with Gasteiger partial charge in [-0.25, -0.2) is 0 Å². The van der Waals surface area contributed by atoms with Crippen LogP contribution in [-0.2, 0) is 7.05 Å². The number of aryl methyl sites for hydroxylation is 1. The molecule has 0 bridgehead atoms. The highest BCUT2D eigenvalue weighted by Crippen LogP contribution is 2.26. The molecule has 1 unspecified atom stereocenters. The summed E-state index contributed by atoms with van der Waals surface area (Å²) in [6.07, 6.45) is 1.78. The Hall–Kier alpha value is -0.390. The fourth-order valence-electron chi connectivity index (χ4n) is 1.36. The number of nitrogens with zero attached hydrogens (tertiary/aromatic N) is 2. The van der Waals surface area contributed by atoms with E-state index in [-0.39, 0.29) is 6.04 Å². The third kappa shape index (κ3) is 2.10. The Morgan fingerprint density at radius 3 is 2.54 bits per heavy atom. The molecule has 4 nitrogen and oxygen atoms in total. The molecule has 0 saturated carbocycles. The quantitative estimate of drug-likeness (QED) is 0.626.